The van der Waals surface area contributed by atoms with E-state index in [1.54, 1.807) is 32.4 Å². The summed E-state index contributed by atoms with van der Waals surface area (Å²) in [4.78, 5) is 14.2. The number of ether oxygens (including phenoxy) is 2. The van der Waals surface area contributed by atoms with Crippen LogP contribution in [0.4, 0.5) is 0 Å². The van der Waals surface area contributed by atoms with Gasteiger partial charge in [-0.25, -0.2) is 0 Å². The van der Waals surface area contributed by atoms with Crippen LogP contribution in [0.5, 0.6) is 11.5 Å². The summed E-state index contributed by atoms with van der Waals surface area (Å²) in [7, 11) is 3.14. The van der Waals surface area contributed by atoms with Crippen LogP contribution in [0.2, 0.25) is 0 Å². The van der Waals surface area contributed by atoms with Crippen LogP contribution >= 0.6 is 0 Å². The van der Waals surface area contributed by atoms with Crippen molar-refractivity contribution in [3.63, 3.8) is 0 Å². The lowest BCUT2D eigenvalue weighted by molar-refractivity contribution is 0.0714. The molecule has 0 saturated carbocycles. The van der Waals surface area contributed by atoms with E-state index in [1.807, 2.05) is 4.90 Å². The molecule has 0 aliphatic carbocycles. The predicted molar refractivity (Wildman–Crippen MR) is 72.7 cm³/mol. The summed E-state index contributed by atoms with van der Waals surface area (Å²) in [6.07, 6.45) is 1.71. The molecule has 0 bridgehead atoms. The Morgan fingerprint density at radius 2 is 1.68 bits per heavy atom. The van der Waals surface area contributed by atoms with Crippen LogP contribution in [0, 0.1) is 0 Å². The number of carbonyl (C=O) groups is 1. The molecule has 1 aromatic rings. The van der Waals surface area contributed by atoms with Crippen molar-refractivity contribution in [2.45, 2.75) is 18.9 Å². The van der Waals surface area contributed by atoms with Crippen molar-refractivity contribution >= 4 is 5.91 Å². The predicted octanol–water partition coefficient (Wildman–Crippen LogP) is 1.27. The number of carbonyl (C=O) groups excluding carboxylic acids is 1. The molecular formula is C14H20N2O3. The van der Waals surface area contributed by atoms with Gasteiger partial charge in [0.25, 0.3) is 5.91 Å². The molecule has 2 rings (SSSR count). The Bertz CT molecular complexity index is 432. The molecule has 0 spiro atoms. The third kappa shape index (κ3) is 3.17. The van der Waals surface area contributed by atoms with E-state index in [9.17, 15) is 4.79 Å². The van der Waals surface area contributed by atoms with E-state index in [0.29, 0.717) is 30.2 Å². The summed E-state index contributed by atoms with van der Waals surface area (Å²) in [5, 5.41) is 0. The molecule has 0 radical (unpaired) electrons. The molecule has 1 aromatic carbocycles. The summed E-state index contributed by atoms with van der Waals surface area (Å²) in [6, 6.07) is 5.44. The average molecular weight is 264 g/mol. The molecule has 5 heteroatoms. The van der Waals surface area contributed by atoms with E-state index >= 15 is 0 Å². The van der Waals surface area contributed by atoms with Crippen molar-refractivity contribution in [3.05, 3.63) is 23.8 Å². The fraction of sp³-hybridized carbons (Fsp3) is 0.500. The minimum absolute atomic E-state index is 0.00380. The largest absolute Gasteiger partial charge is 0.497 e. The first-order valence-corrected chi connectivity index (χ1v) is 6.42. The molecule has 19 heavy (non-hydrogen) atoms. The lowest BCUT2D eigenvalue weighted by atomic mass is 10.0. The molecule has 1 fully saturated rings. The summed E-state index contributed by atoms with van der Waals surface area (Å²) < 4.78 is 10.4. The number of hydrogen-bond donors (Lipinski definition) is 1. The van der Waals surface area contributed by atoms with Gasteiger partial charge in [0.05, 0.1) is 14.2 Å². The van der Waals surface area contributed by atoms with Crippen LogP contribution in [0.15, 0.2) is 18.2 Å². The molecule has 104 valence electrons. The zero-order valence-electron chi connectivity index (χ0n) is 11.4. The van der Waals surface area contributed by atoms with Crippen molar-refractivity contribution in [1.82, 2.24) is 4.90 Å². The lowest BCUT2D eigenvalue weighted by Gasteiger charge is -2.30. The molecule has 1 amide bonds. The lowest BCUT2D eigenvalue weighted by Crippen LogP contribution is -2.42. The Balaban J connectivity index is 2.18. The molecule has 5 nitrogen and oxygen atoms in total. The van der Waals surface area contributed by atoms with Crippen molar-refractivity contribution in [2.75, 3.05) is 27.3 Å². The van der Waals surface area contributed by atoms with Gasteiger partial charge in [-0.1, -0.05) is 0 Å². The fourth-order valence-corrected chi connectivity index (χ4v) is 2.22. The molecular weight excluding hydrogens is 244 g/mol. The topological polar surface area (TPSA) is 64.8 Å². The maximum Gasteiger partial charge on any atom is 0.254 e. The van der Waals surface area contributed by atoms with Crippen molar-refractivity contribution in [2.24, 2.45) is 5.73 Å². The monoisotopic (exact) mass is 264 g/mol. The second kappa shape index (κ2) is 5.93. The van der Waals surface area contributed by atoms with E-state index in [1.165, 1.54) is 0 Å². The van der Waals surface area contributed by atoms with Gasteiger partial charge in [-0.15, -0.1) is 0 Å². The van der Waals surface area contributed by atoms with Crippen molar-refractivity contribution < 1.29 is 14.3 Å². The maximum atomic E-state index is 12.4. The number of piperidine rings is 1. The molecule has 1 aliphatic rings. The Kier molecular flexibility index (Phi) is 4.27. The van der Waals surface area contributed by atoms with Gasteiger partial charge in [-0.2, -0.15) is 0 Å². The Morgan fingerprint density at radius 1 is 1.16 bits per heavy atom. The van der Waals surface area contributed by atoms with Gasteiger partial charge in [-0.3, -0.25) is 4.79 Å². The fourth-order valence-electron chi connectivity index (χ4n) is 2.22. The molecule has 1 aliphatic heterocycles. The molecule has 0 unspecified atom stereocenters. The van der Waals surface area contributed by atoms with E-state index in [2.05, 4.69) is 0 Å². The minimum Gasteiger partial charge on any atom is -0.497 e. The number of nitrogens with zero attached hydrogens (tertiary/aromatic N) is 1. The molecule has 1 saturated heterocycles. The number of methoxy groups -OCH3 is 2. The first-order chi connectivity index (χ1) is 9.13. The smallest absolute Gasteiger partial charge is 0.254 e. The number of benzene rings is 1. The van der Waals surface area contributed by atoms with Crippen LogP contribution in [0.25, 0.3) is 0 Å². The highest BCUT2D eigenvalue weighted by Crippen LogP contribution is 2.24. The van der Waals surface area contributed by atoms with Gasteiger partial charge in [0.1, 0.15) is 11.5 Å². The quantitative estimate of drug-likeness (QED) is 0.893. The molecule has 0 aromatic heterocycles. The highest BCUT2D eigenvalue weighted by molar-refractivity contribution is 5.95. The van der Waals surface area contributed by atoms with E-state index in [0.717, 1.165) is 12.8 Å². The van der Waals surface area contributed by atoms with Crippen LogP contribution < -0.4 is 15.2 Å². The third-order valence-electron chi connectivity index (χ3n) is 3.43. The second-order valence-corrected chi connectivity index (χ2v) is 4.73. The highest BCUT2D eigenvalue weighted by atomic mass is 16.5. The standard InChI is InChI=1S/C14H20N2O3/c1-18-12-7-10(8-13(9-12)19-2)14(17)16-5-3-11(15)4-6-16/h7-9,11H,3-6,15H2,1-2H3. The summed E-state index contributed by atoms with van der Waals surface area (Å²) >= 11 is 0. The Hall–Kier alpha value is -1.75. The average Bonchev–Trinajstić information content (AvgIpc) is 2.46. The normalized spacial score (nSPS) is 16.3. The van der Waals surface area contributed by atoms with Gasteiger partial charge in [-0.05, 0) is 25.0 Å². The number of likely N-dealkylation sites (tertiary alicyclic amines) is 1. The summed E-state index contributed by atoms with van der Waals surface area (Å²) in [6.45, 7) is 1.42. The minimum atomic E-state index is 0.00380. The van der Waals surface area contributed by atoms with Gasteiger partial charge >= 0.3 is 0 Å². The van der Waals surface area contributed by atoms with Crippen LogP contribution in [0.1, 0.15) is 23.2 Å². The van der Waals surface area contributed by atoms with Gasteiger partial charge < -0.3 is 20.1 Å². The first-order valence-electron chi connectivity index (χ1n) is 6.42. The molecule has 2 N–H and O–H groups in total. The highest BCUT2D eigenvalue weighted by Gasteiger charge is 2.22. The van der Waals surface area contributed by atoms with Crippen molar-refractivity contribution in [3.8, 4) is 11.5 Å². The van der Waals surface area contributed by atoms with Crippen molar-refractivity contribution in [1.29, 1.82) is 0 Å². The van der Waals surface area contributed by atoms with Gasteiger partial charge in [0.2, 0.25) is 0 Å². The number of rotatable bonds is 3. The number of nitrogens with two attached hydrogens (primary N) is 1. The van der Waals surface area contributed by atoms with Gasteiger partial charge in [0.15, 0.2) is 0 Å². The maximum absolute atomic E-state index is 12.4. The van der Waals surface area contributed by atoms with E-state index in [-0.39, 0.29) is 11.9 Å². The SMILES string of the molecule is COc1cc(OC)cc(C(=O)N2CCC(N)CC2)c1. The number of hydrogen-bond acceptors (Lipinski definition) is 4. The Morgan fingerprint density at radius 3 is 2.16 bits per heavy atom. The van der Waals surface area contributed by atoms with Crippen LogP contribution in [0.3, 0.4) is 0 Å². The van der Waals surface area contributed by atoms with Gasteiger partial charge in [0, 0.05) is 30.8 Å². The zero-order chi connectivity index (χ0) is 13.8. The summed E-state index contributed by atoms with van der Waals surface area (Å²) in [5.74, 6) is 1.25. The molecule has 0 atom stereocenters. The summed E-state index contributed by atoms with van der Waals surface area (Å²) in [5.41, 5.74) is 6.44. The van der Waals surface area contributed by atoms with Crippen LogP contribution in [-0.4, -0.2) is 44.2 Å². The molecule has 1 heterocycles. The number of amides is 1. The third-order valence-corrected chi connectivity index (χ3v) is 3.43. The van der Waals surface area contributed by atoms with E-state index < -0.39 is 0 Å². The zero-order valence-corrected chi connectivity index (χ0v) is 11.4. The van der Waals surface area contributed by atoms with E-state index in [4.69, 9.17) is 15.2 Å². The Labute approximate surface area is 113 Å². The van der Waals surface area contributed by atoms with Crippen LogP contribution in [-0.2, 0) is 0 Å². The first kappa shape index (κ1) is 13.7. The second-order valence-electron chi connectivity index (χ2n) is 4.73.